The highest BCUT2D eigenvalue weighted by Gasteiger charge is 2.02. The third-order valence-electron chi connectivity index (χ3n) is 4.65. The molecule has 0 heterocycles. The SMILES string of the molecule is CCCCCCCCCCCCCCCC(=O)OCCN(C)C.O=C(O)/C=C\C(=O)O. The van der Waals surface area contributed by atoms with E-state index in [1.54, 1.807) is 0 Å². The van der Waals surface area contributed by atoms with Crippen molar-refractivity contribution < 1.29 is 29.3 Å². The first-order valence-electron chi connectivity index (χ1n) is 11.7. The first-order valence-corrected chi connectivity index (χ1v) is 11.7. The van der Waals surface area contributed by atoms with E-state index in [1.807, 2.05) is 19.0 Å². The zero-order chi connectivity index (χ0) is 23.7. The number of hydrogen-bond acceptors (Lipinski definition) is 5. The van der Waals surface area contributed by atoms with E-state index in [9.17, 15) is 14.4 Å². The number of esters is 1. The molecule has 7 heteroatoms. The van der Waals surface area contributed by atoms with E-state index in [0.29, 0.717) is 25.2 Å². The number of nitrogens with zero attached hydrogens (tertiary/aromatic N) is 1. The highest BCUT2D eigenvalue weighted by molar-refractivity contribution is 5.89. The molecule has 0 saturated heterocycles. The predicted octanol–water partition coefficient (Wildman–Crippen LogP) is 5.28. The third-order valence-corrected chi connectivity index (χ3v) is 4.65. The molecule has 0 bridgehead atoms. The molecule has 0 aromatic carbocycles. The topological polar surface area (TPSA) is 104 Å². The van der Waals surface area contributed by atoms with Crippen LogP contribution in [0.3, 0.4) is 0 Å². The zero-order valence-electron chi connectivity index (χ0n) is 19.9. The summed E-state index contributed by atoms with van der Waals surface area (Å²) < 4.78 is 5.18. The number of carbonyl (C=O) groups is 3. The van der Waals surface area contributed by atoms with E-state index in [0.717, 1.165) is 13.0 Å². The molecule has 0 rings (SSSR count). The number of carboxylic acid groups (broad SMARTS) is 2. The third kappa shape index (κ3) is 33.0. The number of rotatable bonds is 19. The first-order chi connectivity index (χ1) is 14.8. The normalized spacial score (nSPS) is 10.7. The summed E-state index contributed by atoms with van der Waals surface area (Å²) in [5, 5.41) is 15.6. The van der Waals surface area contributed by atoms with E-state index in [4.69, 9.17) is 14.9 Å². The number of carbonyl (C=O) groups excluding carboxylic acids is 1. The number of carboxylic acids is 2. The lowest BCUT2D eigenvalue weighted by molar-refractivity contribution is -0.144. The lowest BCUT2D eigenvalue weighted by Crippen LogP contribution is -2.20. The van der Waals surface area contributed by atoms with Crippen molar-refractivity contribution in [1.82, 2.24) is 4.90 Å². The first kappa shape index (κ1) is 31.3. The minimum atomic E-state index is -1.26. The number of unbranched alkanes of at least 4 members (excludes halogenated alkanes) is 12. The Labute approximate surface area is 188 Å². The fourth-order valence-corrected chi connectivity index (χ4v) is 2.84. The molecule has 0 aromatic heterocycles. The van der Waals surface area contributed by atoms with Gasteiger partial charge in [0.05, 0.1) is 0 Å². The van der Waals surface area contributed by atoms with Gasteiger partial charge < -0.3 is 19.8 Å². The van der Waals surface area contributed by atoms with Gasteiger partial charge in [-0.05, 0) is 20.5 Å². The molecule has 31 heavy (non-hydrogen) atoms. The van der Waals surface area contributed by atoms with Crippen molar-refractivity contribution in [2.45, 2.75) is 96.8 Å². The van der Waals surface area contributed by atoms with E-state index in [2.05, 4.69) is 6.92 Å². The molecule has 0 unspecified atom stereocenters. The lowest BCUT2D eigenvalue weighted by atomic mass is 10.0. The Morgan fingerprint density at radius 1 is 0.710 bits per heavy atom. The summed E-state index contributed by atoms with van der Waals surface area (Å²) >= 11 is 0. The molecular formula is C24H45NO6. The second kappa shape index (κ2) is 24.4. The van der Waals surface area contributed by atoms with Crippen LogP contribution in [0, 0.1) is 0 Å². The summed E-state index contributed by atoms with van der Waals surface area (Å²) in [5.74, 6) is -2.55. The highest BCUT2D eigenvalue weighted by atomic mass is 16.5. The number of ether oxygens (including phenoxy) is 1. The second-order valence-corrected chi connectivity index (χ2v) is 8.03. The van der Waals surface area contributed by atoms with Crippen LogP contribution in [-0.4, -0.2) is 60.3 Å². The lowest BCUT2D eigenvalue weighted by Gasteiger charge is -2.09. The van der Waals surface area contributed by atoms with Crippen molar-refractivity contribution >= 4 is 17.9 Å². The molecular weight excluding hydrogens is 398 g/mol. The Kier molecular flexibility index (Phi) is 24.6. The van der Waals surface area contributed by atoms with Crippen LogP contribution in [0.2, 0.25) is 0 Å². The fraction of sp³-hybridized carbons (Fsp3) is 0.792. The monoisotopic (exact) mass is 443 g/mol. The van der Waals surface area contributed by atoms with Gasteiger partial charge in [-0.3, -0.25) is 4.79 Å². The Bertz CT molecular complexity index is 461. The Balaban J connectivity index is 0. The van der Waals surface area contributed by atoms with Crippen molar-refractivity contribution in [3.8, 4) is 0 Å². The number of likely N-dealkylation sites (N-methyl/N-ethyl adjacent to an activating group) is 1. The van der Waals surface area contributed by atoms with Gasteiger partial charge in [-0.25, -0.2) is 9.59 Å². The van der Waals surface area contributed by atoms with Crippen molar-refractivity contribution in [3.63, 3.8) is 0 Å². The van der Waals surface area contributed by atoms with Gasteiger partial charge in [-0.15, -0.1) is 0 Å². The summed E-state index contributed by atoms with van der Waals surface area (Å²) in [6, 6.07) is 0. The summed E-state index contributed by atoms with van der Waals surface area (Å²) in [6.07, 6.45) is 19.1. The van der Waals surface area contributed by atoms with Crippen molar-refractivity contribution in [2.75, 3.05) is 27.2 Å². The number of aliphatic carboxylic acids is 2. The van der Waals surface area contributed by atoms with Gasteiger partial charge >= 0.3 is 17.9 Å². The van der Waals surface area contributed by atoms with Gasteiger partial charge in [-0.1, -0.05) is 84.0 Å². The number of hydrogen-bond donors (Lipinski definition) is 2. The Hall–Kier alpha value is -1.89. The molecule has 0 amide bonds. The van der Waals surface area contributed by atoms with Crippen LogP contribution in [0.4, 0.5) is 0 Å². The maximum Gasteiger partial charge on any atom is 0.328 e. The fourth-order valence-electron chi connectivity index (χ4n) is 2.84. The minimum absolute atomic E-state index is 0.0325. The van der Waals surface area contributed by atoms with E-state index < -0.39 is 11.9 Å². The average molecular weight is 444 g/mol. The van der Waals surface area contributed by atoms with Crippen LogP contribution < -0.4 is 0 Å². The molecule has 2 N–H and O–H groups in total. The van der Waals surface area contributed by atoms with Crippen molar-refractivity contribution in [3.05, 3.63) is 12.2 Å². The molecule has 0 aliphatic rings. The molecule has 182 valence electrons. The van der Waals surface area contributed by atoms with Crippen LogP contribution in [0.15, 0.2) is 12.2 Å². The molecule has 0 aromatic rings. The summed E-state index contributed by atoms with van der Waals surface area (Å²) in [5.41, 5.74) is 0. The smallest absolute Gasteiger partial charge is 0.328 e. The maximum atomic E-state index is 11.5. The molecule has 0 atom stereocenters. The van der Waals surface area contributed by atoms with Crippen LogP contribution in [0.5, 0.6) is 0 Å². The Morgan fingerprint density at radius 2 is 1.10 bits per heavy atom. The molecule has 0 aliphatic carbocycles. The summed E-state index contributed by atoms with van der Waals surface area (Å²) in [4.78, 5) is 32.6. The summed E-state index contributed by atoms with van der Waals surface area (Å²) in [6.45, 7) is 3.60. The molecule has 0 fully saturated rings. The highest BCUT2D eigenvalue weighted by Crippen LogP contribution is 2.13. The van der Waals surface area contributed by atoms with Gasteiger partial charge in [0.25, 0.3) is 0 Å². The van der Waals surface area contributed by atoms with Crippen LogP contribution >= 0.6 is 0 Å². The van der Waals surface area contributed by atoms with E-state index >= 15 is 0 Å². The van der Waals surface area contributed by atoms with Gasteiger partial charge in [0.2, 0.25) is 0 Å². The zero-order valence-corrected chi connectivity index (χ0v) is 19.9. The Morgan fingerprint density at radius 3 is 1.45 bits per heavy atom. The van der Waals surface area contributed by atoms with E-state index in [1.165, 1.54) is 77.0 Å². The van der Waals surface area contributed by atoms with E-state index in [-0.39, 0.29) is 5.97 Å². The molecule has 0 spiro atoms. The molecule has 0 radical (unpaired) electrons. The second-order valence-electron chi connectivity index (χ2n) is 8.03. The molecule has 0 saturated carbocycles. The van der Waals surface area contributed by atoms with Gasteiger partial charge in [0.15, 0.2) is 0 Å². The predicted molar refractivity (Wildman–Crippen MR) is 124 cm³/mol. The maximum absolute atomic E-state index is 11.5. The van der Waals surface area contributed by atoms with Crippen LogP contribution in [0.1, 0.15) is 96.8 Å². The standard InChI is InChI=1S/C20H41NO2.C4H4O4/c1-4-5-6-7-8-9-10-11-12-13-14-15-16-17-20(22)23-19-18-21(2)3;5-3(6)1-2-4(7)8/h4-19H2,1-3H3;1-2H,(H,5,6)(H,7,8)/b;2-1-. The van der Waals surface area contributed by atoms with Crippen molar-refractivity contribution in [1.29, 1.82) is 0 Å². The minimum Gasteiger partial charge on any atom is -0.478 e. The summed E-state index contributed by atoms with van der Waals surface area (Å²) in [7, 11) is 3.97. The molecule has 7 nitrogen and oxygen atoms in total. The quantitative estimate of drug-likeness (QED) is 0.159. The average Bonchev–Trinajstić information content (AvgIpc) is 2.70. The molecule has 0 aliphatic heterocycles. The largest absolute Gasteiger partial charge is 0.478 e. The van der Waals surface area contributed by atoms with Gasteiger partial charge in [0.1, 0.15) is 6.61 Å². The van der Waals surface area contributed by atoms with Gasteiger partial charge in [-0.2, -0.15) is 0 Å². The van der Waals surface area contributed by atoms with Crippen molar-refractivity contribution in [2.24, 2.45) is 0 Å². The van der Waals surface area contributed by atoms with Crippen LogP contribution in [0.25, 0.3) is 0 Å². The van der Waals surface area contributed by atoms with Gasteiger partial charge in [0, 0.05) is 25.1 Å². The van der Waals surface area contributed by atoms with Crippen LogP contribution in [-0.2, 0) is 19.1 Å².